The number of aromatic nitrogens is 3. The number of hydrogen-bond acceptors (Lipinski definition) is 3. The molecule has 3 rings (SSSR count). The van der Waals surface area contributed by atoms with Crippen LogP contribution in [-0.2, 0) is 13.6 Å². The molecule has 0 spiro atoms. The van der Waals surface area contributed by atoms with Crippen molar-refractivity contribution >= 4 is 5.69 Å². The maximum absolute atomic E-state index is 4.15. The fraction of sp³-hybridized carbons (Fsp3) is 0.176. The summed E-state index contributed by atoms with van der Waals surface area (Å²) < 4.78 is 1.99. The van der Waals surface area contributed by atoms with Gasteiger partial charge in [0.2, 0.25) is 0 Å². The van der Waals surface area contributed by atoms with E-state index < -0.39 is 0 Å². The normalized spacial score (nSPS) is 10.6. The molecule has 0 unspecified atom stereocenters. The lowest BCUT2D eigenvalue weighted by Crippen LogP contribution is -2.06. The highest BCUT2D eigenvalue weighted by Crippen LogP contribution is 2.21. The van der Waals surface area contributed by atoms with E-state index in [2.05, 4.69) is 64.0 Å². The zero-order chi connectivity index (χ0) is 14.7. The lowest BCUT2D eigenvalue weighted by atomic mass is 10.1. The Kier molecular flexibility index (Phi) is 3.69. The van der Waals surface area contributed by atoms with Crippen LogP contribution in [0.4, 0.5) is 5.69 Å². The first-order valence-electron chi connectivity index (χ1n) is 6.98. The van der Waals surface area contributed by atoms with Crippen LogP contribution < -0.4 is 5.32 Å². The van der Waals surface area contributed by atoms with E-state index in [0.717, 1.165) is 17.3 Å². The highest BCUT2D eigenvalue weighted by Gasteiger charge is 2.04. The van der Waals surface area contributed by atoms with E-state index in [1.807, 2.05) is 24.6 Å². The largest absolute Gasteiger partial charge is 0.378 e. The van der Waals surface area contributed by atoms with Crippen molar-refractivity contribution in [3.8, 4) is 11.1 Å². The zero-order valence-electron chi connectivity index (χ0n) is 12.2. The van der Waals surface area contributed by atoms with E-state index in [0.29, 0.717) is 6.54 Å². The number of benzene rings is 2. The summed E-state index contributed by atoms with van der Waals surface area (Å²) in [6.45, 7) is 2.62. The van der Waals surface area contributed by atoms with Gasteiger partial charge in [0.1, 0.15) is 5.82 Å². The molecule has 0 radical (unpaired) electrons. The molecule has 1 aromatic heterocycles. The van der Waals surface area contributed by atoms with Gasteiger partial charge in [-0.15, -0.1) is 10.2 Å². The molecular formula is C17H18N4. The molecule has 106 valence electrons. The van der Waals surface area contributed by atoms with Gasteiger partial charge in [-0.2, -0.15) is 0 Å². The Morgan fingerprint density at radius 3 is 2.19 bits per heavy atom. The van der Waals surface area contributed by atoms with Gasteiger partial charge < -0.3 is 9.88 Å². The van der Waals surface area contributed by atoms with E-state index in [4.69, 9.17) is 0 Å². The summed E-state index contributed by atoms with van der Waals surface area (Å²) >= 11 is 0. The third kappa shape index (κ3) is 2.94. The van der Waals surface area contributed by atoms with Crippen LogP contribution in [0.2, 0.25) is 0 Å². The summed E-state index contributed by atoms with van der Waals surface area (Å²) in [5.74, 6) is 1.85. The van der Waals surface area contributed by atoms with E-state index in [-0.39, 0.29) is 0 Å². The number of nitrogens with zero attached hydrogens (tertiary/aromatic N) is 3. The van der Waals surface area contributed by atoms with Crippen molar-refractivity contribution in [2.75, 3.05) is 5.32 Å². The van der Waals surface area contributed by atoms with Crippen LogP contribution >= 0.6 is 0 Å². The van der Waals surface area contributed by atoms with Crippen LogP contribution in [0.15, 0.2) is 54.6 Å². The van der Waals surface area contributed by atoms with E-state index in [1.165, 1.54) is 11.1 Å². The molecule has 4 heteroatoms. The maximum Gasteiger partial charge on any atom is 0.152 e. The number of anilines is 1. The summed E-state index contributed by atoms with van der Waals surface area (Å²) in [6.07, 6.45) is 0. The number of nitrogens with one attached hydrogen (secondary N) is 1. The monoisotopic (exact) mass is 278 g/mol. The van der Waals surface area contributed by atoms with Crippen LogP contribution in [0.25, 0.3) is 11.1 Å². The Labute approximate surface area is 124 Å². The van der Waals surface area contributed by atoms with E-state index >= 15 is 0 Å². The van der Waals surface area contributed by atoms with E-state index in [9.17, 15) is 0 Å². The topological polar surface area (TPSA) is 42.7 Å². The van der Waals surface area contributed by atoms with Gasteiger partial charge in [-0.1, -0.05) is 42.5 Å². The summed E-state index contributed by atoms with van der Waals surface area (Å²) in [7, 11) is 1.98. The Balaban J connectivity index is 1.69. The van der Waals surface area contributed by atoms with Gasteiger partial charge in [0.25, 0.3) is 0 Å². The number of hydrogen-bond donors (Lipinski definition) is 1. The molecule has 0 saturated carbocycles. The molecule has 0 bridgehead atoms. The Hall–Kier alpha value is -2.62. The fourth-order valence-electron chi connectivity index (χ4n) is 2.20. The molecule has 0 atom stereocenters. The van der Waals surface area contributed by atoms with Gasteiger partial charge in [0.15, 0.2) is 5.82 Å². The van der Waals surface area contributed by atoms with Crippen molar-refractivity contribution < 1.29 is 0 Å². The van der Waals surface area contributed by atoms with Gasteiger partial charge in [-0.3, -0.25) is 0 Å². The zero-order valence-corrected chi connectivity index (χ0v) is 12.2. The summed E-state index contributed by atoms with van der Waals surface area (Å²) in [4.78, 5) is 0. The highest BCUT2D eigenvalue weighted by molar-refractivity contribution is 5.65. The minimum absolute atomic E-state index is 0.669. The van der Waals surface area contributed by atoms with Gasteiger partial charge in [-0.05, 0) is 30.2 Å². The average molecular weight is 278 g/mol. The first-order chi connectivity index (χ1) is 10.2. The molecule has 0 saturated heterocycles. The second-order valence-electron chi connectivity index (χ2n) is 5.02. The number of aryl methyl sites for hydroxylation is 1. The molecule has 4 nitrogen and oxygen atoms in total. The van der Waals surface area contributed by atoms with Crippen LogP contribution in [0, 0.1) is 6.92 Å². The minimum Gasteiger partial charge on any atom is -0.378 e. The lowest BCUT2D eigenvalue weighted by Gasteiger charge is -2.07. The van der Waals surface area contributed by atoms with Gasteiger partial charge in [0.05, 0.1) is 6.54 Å². The first-order valence-corrected chi connectivity index (χ1v) is 6.98. The first kappa shape index (κ1) is 13.4. The van der Waals surface area contributed by atoms with Crippen molar-refractivity contribution in [2.24, 2.45) is 7.05 Å². The quantitative estimate of drug-likeness (QED) is 0.795. The van der Waals surface area contributed by atoms with Crippen molar-refractivity contribution in [3.63, 3.8) is 0 Å². The van der Waals surface area contributed by atoms with E-state index in [1.54, 1.807) is 0 Å². The molecule has 2 aromatic carbocycles. The molecule has 1 N–H and O–H groups in total. The Morgan fingerprint density at radius 2 is 1.57 bits per heavy atom. The van der Waals surface area contributed by atoms with Gasteiger partial charge in [-0.25, -0.2) is 0 Å². The second kappa shape index (κ2) is 5.79. The van der Waals surface area contributed by atoms with Crippen LogP contribution in [0.1, 0.15) is 11.6 Å². The Bertz CT molecular complexity index is 714. The van der Waals surface area contributed by atoms with Crippen molar-refractivity contribution in [1.29, 1.82) is 0 Å². The summed E-state index contributed by atoms with van der Waals surface area (Å²) in [5, 5.41) is 11.6. The van der Waals surface area contributed by atoms with Crippen LogP contribution in [0.3, 0.4) is 0 Å². The fourth-order valence-corrected chi connectivity index (χ4v) is 2.20. The van der Waals surface area contributed by atoms with Crippen molar-refractivity contribution in [1.82, 2.24) is 14.8 Å². The molecule has 21 heavy (non-hydrogen) atoms. The second-order valence-corrected chi connectivity index (χ2v) is 5.02. The minimum atomic E-state index is 0.669. The lowest BCUT2D eigenvalue weighted by molar-refractivity contribution is 0.789. The number of rotatable bonds is 4. The molecule has 0 amide bonds. The summed E-state index contributed by atoms with van der Waals surface area (Å²) in [6, 6.07) is 18.8. The van der Waals surface area contributed by atoms with Crippen LogP contribution in [-0.4, -0.2) is 14.8 Å². The summed E-state index contributed by atoms with van der Waals surface area (Å²) in [5.41, 5.74) is 3.53. The van der Waals surface area contributed by atoms with Crippen LogP contribution in [0.5, 0.6) is 0 Å². The van der Waals surface area contributed by atoms with Gasteiger partial charge >= 0.3 is 0 Å². The SMILES string of the molecule is Cc1nnc(CNc2ccc(-c3ccccc3)cc2)n1C. The molecule has 3 aromatic rings. The molecular weight excluding hydrogens is 260 g/mol. The molecule has 0 aliphatic carbocycles. The average Bonchev–Trinajstić information content (AvgIpc) is 2.86. The third-order valence-corrected chi connectivity index (χ3v) is 3.63. The predicted octanol–water partition coefficient (Wildman–Crippen LogP) is 3.40. The van der Waals surface area contributed by atoms with Crippen molar-refractivity contribution in [2.45, 2.75) is 13.5 Å². The smallest absolute Gasteiger partial charge is 0.152 e. The molecule has 0 fully saturated rings. The van der Waals surface area contributed by atoms with Gasteiger partial charge in [0, 0.05) is 12.7 Å². The highest BCUT2D eigenvalue weighted by atomic mass is 15.3. The third-order valence-electron chi connectivity index (χ3n) is 3.63. The molecule has 1 heterocycles. The van der Waals surface area contributed by atoms with Crippen molar-refractivity contribution in [3.05, 3.63) is 66.2 Å². The maximum atomic E-state index is 4.15. The predicted molar refractivity (Wildman–Crippen MR) is 84.9 cm³/mol. The molecule has 0 aliphatic rings. The Morgan fingerprint density at radius 1 is 0.905 bits per heavy atom. The standard InChI is InChI=1S/C17H18N4/c1-13-19-20-17(21(13)2)12-18-16-10-8-15(9-11-16)14-6-4-3-5-7-14/h3-11,18H,12H2,1-2H3. The molecule has 0 aliphatic heterocycles.